The second kappa shape index (κ2) is 11.8. The fourth-order valence-electron chi connectivity index (χ4n) is 0.446. The second-order valence-electron chi connectivity index (χ2n) is 2.21. The molecule has 0 rings (SSSR count). The van der Waals surface area contributed by atoms with E-state index < -0.39 is 12.2 Å². The summed E-state index contributed by atoms with van der Waals surface area (Å²) in [7, 11) is 1.00. The van der Waals surface area contributed by atoms with Crippen LogP contribution in [0.15, 0.2) is 0 Å². The maximum atomic E-state index is 8.72. The lowest BCUT2D eigenvalue weighted by atomic mass is 10.4. The average Bonchev–Trinajstić information content (AvgIpc) is 2.20. The molecule has 0 aliphatic rings. The Kier molecular flexibility index (Phi) is 13.8. The molecular formula is C7H18O6. The summed E-state index contributed by atoms with van der Waals surface area (Å²) in [5.41, 5.74) is 0. The molecule has 0 radical (unpaired) electrons. The van der Waals surface area contributed by atoms with Crippen LogP contribution in [0.4, 0.5) is 0 Å². The maximum absolute atomic E-state index is 8.72. The molecule has 0 fully saturated rings. The highest BCUT2D eigenvalue weighted by Gasteiger charge is 2.04. The zero-order chi connectivity index (χ0) is 10.7. The van der Waals surface area contributed by atoms with Crippen molar-refractivity contribution < 1.29 is 30.3 Å². The minimum Gasteiger partial charge on any atom is -0.400 e. The van der Waals surface area contributed by atoms with Gasteiger partial charge in [0.2, 0.25) is 0 Å². The van der Waals surface area contributed by atoms with Gasteiger partial charge in [-0.1, -0.05) is 0 Å². The molecule has 0 aliphatic carbocycles. The summed E-state index contributed by atoms with van der Waals surface area (Å²) in [6, 6.07) is 0. The van der Waals surface area contributed by atoms with Crippen LogP contribution in [0, 0.1) is 0 Å². The largest absolute Gasteiger partial charge is 0.400 e. The van der Waals surface area contributed by atoms with Crippen LogP contribution in [-0.2, 0) is 4.74 Å². The van der Waals surface area contributed by atoms with E-state index in [1.54, 1.807) is 0 Å². The van der Waals surface area contributed by atoms with Gasteiger partial charge in [-0.3, -0.25) is 0 Å². The summed E-state index contributed by atoms with van der Waals surface area (Å²) in [5.74, 6) is 0. The van der Waals surface area contributed by atoms with Crippen LogP contribution < -0.4 is 0 Å². The molecule has 13 heavy (non-hydrogen) atoms. The summed E-state index contributed by atoms with van der Waals surface area (Å²) < 4.78 is 4.72. The van der Waals surface area contributed by atoms with Gasteiger partial charge >= 0.3 is 0 Å². The van der Waals surface area contributed by atoms with Gasteiger partial charge in [0.1, 0.15) is 12.2 Å². The van der Waals surface area contributed by atoms with Crippen LogP contribution in [0.1, 0.15) is 0 Å². The molecule has 6 heteroatoms. The predicted molar refractivity (Wildman–Crippen MR) is 45.1 cm³/mol. The zero-order valence-electron chi connectivity index (χ0n) is 7.63. The molecule has 0 bridgehead atoms. The molecule has 0 aromatic heterocycles. The van der Waals surface area contributed by atoms with Crippen molar-refractivity contribution in [3.8, 4) is 0 Å². The van der Waals surface area contributed by atoms with Crippen molar-refractivity contribution >= 4 is 0 Å². The first kappa shape index (κ1) is 15.2. The van der Waals surface area contributed by atoms with Crippen molar-refractivity contribution in [1.82, 2.24) is 0 Å². The summed E-state index contributed by atoms with van der Waals surface area (Å²) in [4.78, 5) is 0. The van der Waals surface area contributed by atoms with Crippen LogP contribution in [0.3, 0.4) is 0 Å². The number of hydrogen-bond acceptors (Lipinski definition) is 6. The fourth-order valence-corrected chi connectivity index (χ4v) is 0.446. The summed E-state index contributed by atoms with van der Waals surface area (Å²) in [6.07, 6.45) is -1.83. The first-order valence-corrected chi connectivity index (χ1v) is 3.81. The smallest absolute Gasteiger partial charge is 0.100 e. The van der Waals surface area contributed by atoms with Gasteiger partial charge in [-0.2, -0.15) is 0 Å². The highest BCUT2D eigenvalue weighted by Crippen LogP contribution is 1.87. The highest BCUT2D eigenvalue weighted by atomic mass is 16.5. The van der Waals surface area contributed by atoms with Gasteiger partial charge < -0.3 is 30.3 Å². The van der Waals surface area contributed by atoms with Gasteiger partial charge in [0, 0.05) is 7.11 Å². The Balaban J connectivity index is 0. The van der Waals surface area contributed by atoms with Crippen LogP contribution in [0.5, 0.6) is 0 Å². The molecule has 2 atom stereocenters. The summed E-state index contributed by atoms with van der Waals surface area (Å²) in [5, 5.41) is 41.1. The van der Waals surface area contributed by atoms with E-state index in [2.05, 4.69) is 0 Å². The number of rotatable bonds is 6. The lowest BCUT2D eigenvalue weighted by Gasteiger charge is -2.10. The molecule has 5 N–H and O–H groups in total. The van der Waals surface area contributed by atoms with E-state index in [1.807, 2.05) is 0 Å². The van der Waals surface area contributed by atoms with Gasteiger partial charge in [0.15, 0.2) is 0 Å². The average molecular weight is 198 g/mol. The van der Waals surface area contributed by atoms with Crippen molar-refractivity contribution in [3.63, 3.8) is 0 Å². The molecule has 2 unspecified atom stereocenters. The van der Waals surface area contributed by atoms with E-state index in [4.69, 9.17) is 30.3 Å². The Morgan fingerprint density at radius 2 is 1.23 bits per heavy atom. The van der Waals surface area contributed by atoms with Gasteiger partial charge in [0.05, 0.1) is 26.4 Å². The van der Waals surface area contributed by atoms with Crippen molar-refractivity contribution in [2.75, 3.05) is 33.5 Å². The summed E-state index contributed by atoms with van der Waals surface area (Å²) >= 11 is 0. The minimum atomic E-state index is -0.916. The van der Waals surface area contributed by atoms with Gasteiger partial charge in [0.25, 0.3) is 0 Å². The number of hydrogen-bond donors (Lipinski definition) is 5. The van der Waals surface area contributed by atoms with Crippen molar-refractivity contribution in [2.24, 2.45) is 0 Å². The Morgan fingerprint density at radius 3 is 1.46 bits per heavy atom. The highest BCUT2D eigenvalue weighted by molar-refractivity contribution is 4.52. The standard InChI is InChI=1S/C6H14O5.CH4O/c7-1-5(9)3-11-4-6(10)2-8;1-2/h5-10H,1-4H2;2H,1H3. The molecule has 0 amide bonds. The molecule has 0 saturated heterocycles. The van der Waals surface area contributed by atoms with Crippen molar-refractivity contribution in [1.29, 1.82) is 0 Å². The van der Waals surface area contributed by atoms with E-state index in [1.165, 1.54) is 0 Å². The lowest BCUT2D eigenvalue weighted by Crippen LogP contribution is -2.25. The van der Waals surface area contributed by atoms with E-state index >= 15 is 0 Å². The van der Waals surface area contributed by atoms with E-state index in [0.29, 0.717) is 0 Å². The number of ether oxygens (including phenoxy) is 1. The lowest BCUT2D eigenvalue weighted by molar-refractivity contribution is -0.0364. The fraction of sp³-hybridized carbons (Fsp3) is 1.00. The van der Waals surface area contributed by atoms with Crippen molar-refractivity contribution in [2.45, 2.75) is 12.2 Å². The molecule has 82 valence electrons. The van der Waals surface area contributed by atoms with Crippen LogP contribution in [0.2, 0.25) is 0 Å². The predicted octanol–water partition coefficient (Wildman–Crippen LogP) is -2.68. The van der Waals surface area contributed by atoms with Crippen LogP contribution in [0.25, 0.3) is 0 Å². The molecule has 0 aliphatic heterocycles. The molecule has 0 aromatic carbocycles. The minimum absolute atomic E-state index is 0.0342. The Labute approximate surface area is 77.0 Å². The Hall–Kier alpha value is -0.240. The quantitative estimate of drug-likeness (QED) is 0.318. The molecule has 0 aromatic rings. The molecule has 6 nitrogen and oxygen atoms in total. The Bertz CT molecular complexity index is 79.1. The van der Waals surface area contributed by atoms with Gasteiger partial charge in [-0.25, -0.2) is 0 Å². The van der Waals surface area contributed by atoms with Gasteiger partial charge in [-0.15, -0.1) is 0 Å². The first-order valence-electron chi connectivity index (χ1n) is 3.81. The van der Waals surface area contributed by atoms with E-state index in [-0.39, 0.29) is 26.4 Å². The zero-order valence-corrected chi connectivity index (χ0v) is 7.63. The number of aliphatic hydroxyl groups is 5. The SMILES string of the molecule is CO.OCC(O)COCC(O)CO. The van der Waals surface area contributed by atoms with Gasteiger partial charge in [-0.05, 0) is 0 Å². The van der Waals surface area contributed by atoms with E-state index in [0.717, 1.165) is 7.11 Å². The third-order valence-corrected chi connectivity index (χ3v) is 1.04. The topological polar surface area (TPSA) is 110 Å². The first-order chi connectivity index (χ1) is 6.20. The third-order valence-electron chi connectivity index (χ3n) is 1.04. The van der Waals surface area contributed by atoms with E-state index in [9.17, 15) is 0 Å². The maximum Gasteiger partial charge on any atom is 0.100 e. The molecule has 0 heterocycles. The third kappa shape index (κ3) is 11.8. The normalized spacial score (nSPS) is 14.3. The molecular weight excluding hydrogens is 180 g/mol. The molecule has 0 saturated carbocycles. The number of aliphatic hydroxyl groups excluding tert-OH is 5. The van der Waals surface area contributed by atoms with Crippen molar-refractivity contribution in [3.05, 3.63) is 0 Å². The van der Waals surface area contributed by atoms with Crippen LogP contribution in [-0.4, -0.2) is 71.3 Å². The molecule has 0 spiro atoms. The monoisotopic (exact) mass is 198 g/mol. The second-order valence-corrected chi connectivity index (χ2v) is 2.21. The Morgan fingerprint density at radius 1 is 0.923 bits per heavy atom. The van der Waals surface area contributed by atoms with Crippen LogP contribution >= 0.6 is 0 Å². The summed E-state index contributed by atoms with van der Waals surface area (Å²) in [6.45, 7) is -0.800.